The highest BCUT2D eigenvalue weighted by Gasteiger charge is 2.23. The molecule has 0 atom stereocenters. The number of nitrogens with zero attached hydrogens (tertiary/aromatic N) is 3. The van der Waals surface area contributed by atoms with Crippen LogP contribution < -0.4 is 15.0 Å². The van der Waals surface area contributed by atoms with Crippen molar-refractivity contribution in [1.29, 1.82) is 0 Å². The molecule has 3 aromatic rings. The smallest absolute Gasteiger partial charge is 0.179 e. The third kappa shape index (κ3) is 3.84. The van der Waals surface area contributed by atoms with E-state index in [4.69, 9.17) is 4.74 Å². The molecule has 1 N–H and O–H groups in total. The molecule has 7 heteroatoms. The number of aryl methyl sites for hydroxylation is 1. The topological polar surface area (TPSA) is 57.7 Å². The van der Waals surface area contributed by atoms with E-state index < -0.39 is 5.82 Å². The van der Waals surface area contributed by atoms with Gasteiger partial charge < -0.3 is 15.0 Å². The van der Waals surface area contributed by atoms with Crippen molar-refractivity contribution in [3.05, 3.63) is 72.0 Å². The number of Topliss-reactive ketones (excluding diaryl/α,β-unsaturated/α-hetero) is 1. The highest BCUT2D eigenvalue weighted by atomic mass is 19.1. The number of fused-ring (bicyclic) bond motifs is 2. The summed E-state index contributed by atoms with van der Waals surface area (Å²) in [7, 11) is 0. The van der Waals surface area contributed by atoms with Crippen molar-refractivity contribution in [2.24, 2.45) is 0 Å². The minimum Gasteiger partial charge on any atom is -0.461 e. The van der Waals surface area contributed by atoms with Crippen LogP contribution in [0, 0.1) is 12.7 Å². The zero-order valence-electron chi connectivity index (χ0n) is 17.3. The van der Waals surface area contributed by atoms with Crippen molar-refractivity contribution in [1.82, 2.24) is 9.88 Å². The van der Waals surface area contributed by atoms with Crippen LogP contribution in [0.2, 0.25) is 0 Å². The highest BCUT2D eigenvalue weighted by Crippen LogP contribution is 2.31. The Bertz CT molecular complexity index is 1190. The van der Waals surface area contributed by atoms with E-state index in [9.17, 15) is 9.18 Å². The number of ketones is 1. The Hall–Kier alpha value is -3.45. The van der Waals surface area contributed by atoms with Gasteiger partial charge in [0.1, 0.15) is 12.1 Å². The first-order valence-corrected chi connectivity index (χ1v) is 10.4. The number of carbonyl (C=O) groups excluding carboxylic acids is 1. The summed E-state index contributed by atoms with van der Waals surface area (Å²) in [5.41, 5.74) is 3.83. The maximum Gasteiger partial charge on any atom is 0.179 e. The van der Waals surface area contributed by atoms with Crippen molar-refractivity contribution in [2.45, 2.75) is 6.92 Å². The number of aromatic nitrogens is 1. The molecule has 2 aliphatic heterocycles. The summed E-state index contributed by atoms with van der Waals surface area (Å²) < 4.78 is 19.7. The van der Waals surface area contributed by atoms with Gasteiger partial charge in [0.2, 0.25) is 0 Å². The van der Waals surface area contributed by atoms with E-state index >= 15 is 0 Å². The molecule has 1 saturated heterocycles. The maximum absolute atomic E-state index is 14.5. The van der Waals surface area contributed by atoms with Crippen LogP contribution in [0.1, 0.15) is 16.1 Å². The molecule has 0 bridgehead atoms. The Morgan fingerprint density at radius 2 is 2.00 bits per heavy atom. The molecule has 158 valence electrons. The summed E-state index contributed by atoms with van der Waals surface area (Å²) in [6.07, 6.45) is 3.05. The lowest BCUT2D eigenvalue weighted by Crippen LogP contribution is -2.48. The summed E-state index contributed by atoms with van der Waals surface area (Å²) in [4.78, 5) is 21.8. The number of anilines is 2. The van der Waals surface area contributed by atoms with E-state index in [0.717, 1.165) is 48.5 Å². The van der Waals surface area contributed by atoms with Gasteiger partial charge in [0.05, 0.1) is 23.3 Å². The van der Waals surface area contributed by atoms with E-state index in [2.05, 4.69) is 32.2 Å². The fraction of sp³-hybridized carbons (Fsp3) is 0.250. The van der Waals surface area contributed by atoms with Gasteiger partial charge in [-0.1, -0.05) is 6.07 Å². The Morgan fingerprint density at radius 1 is 1.16 bits per heavy atom. The number of halogens is 1. The fourth-order valence-corrected chi connectivity index (χ4v) is 4.16. The molecule has 0 unspecified atom stereocenters. The molecule has 2 aromatic carbocycles. The second kappa shape index (κ2) is 8.00. The molecular formula is C24H23FN4O2. The minimum absolute atomic E-state index is 0.0862. The second-order valence-corrected chi connectivity index (χ2v) is 7.88. The zero-order chi connectivity index (χ0) is 21.4. The van der Waals surface area contributed by atoms with Gasteiger partial charge in [0.25, 0.3) is 0 Å². The monoisotopic (exact) mass is 418 g/mol. The van der Waals surface area contributed by atoms with Crippen molar-refractivity contribution in [2.75, 3.05) is 42.9 Å². The van der Waals surface area contributed by atoms with Crippen LogP contribution in [0.4, 0.5) is 15.8 Å². The van der Waals surface area contributed by atoms with Crippen LogP contribution in [0.15, 0.2) is 54.9 Å². The third-order valence-corrected chi connectivity index (χ3v) is 5.80. The maximum atomic E-state index is 14.5. The molecule has 0 saturated carbocycles. The molecule has 0 aliphatic carbocycles. The first-order valence-electron chi connectivity index (χ1n) is 10.4. The zero-order valence-corrected chi connectivity index (χ0v) is 17.3. The Balaban J connectivity index is 1.26. The van der Waals surface area contributed by atoms with E-state index in [1.54, 1.807) is 6.20 Å². The van der Waals surface area contributed by atoms with Crippen molar-refractivity contribution in [3.8, 4) is 5.75 Å². The van der Waals surface area contributed by atoms with Crippen LogP contribution >= 0.6 is 0 Å². The fourth-order valence-electron chi connectivity index (χ4n) is 4.16. The lowest BCUT2D eigenvalue weighted by atomic mass is 10.1. The predicted octanol–water partition coefficient (Wildman–Crippen LogP) is 3.96. The quantitative estimate of drug-likeness (QED) is 0.648. The molecule has 5 rings (SSSR count). The molecule has 0 spiro atoms. The van der Waals surface area contributed by atoms with E-state index in [1.807, 2.05) is 25.1 Å². The summed E-state index contributed by atoms with van der Waals surface area (Å²) in [6.45, 7) is 5.25. The normalized spacial score (nSPS) is 16.0. The molecule has 0 radical (unpaired) electrons. The number of ether oxygens (including phenoxy) is 1. The van der Waals surface area contributed by atoms with Crippen LogP contribution in [-0.2, 0) is 0 Å². The standard InChI is InChI=1S/C24H23FN4O2/c1-16-5-6-17-20(27-16)3-2-4-22(17)29-10-8-28(9-11-29)15-23(30)18-13-21-24(14-19(18)25)31-12-7-26-21/h2-7,12-14,26H,8-11,15H2,1H3. The Kier molecular flexibility index (Phi) is 5.03. The lowest BCUT2D eigenvalue weighted by Gasteiger charge is -2.36. The molecule has 2 aliphatic rings. The summed E-state index contributed by atoms with van der Waals surface area (Å²) in [5, 5.41) is 4.12. The number of pyridine rings is 1. The lowest BCUT2D eigenvalue weighted by molar-refractivity contribution is 0.0922. The Labute approximate surface area is 179 Å². The SMILES string of the molecule is Cc1ccc2c(N3CCN(CC(=O)c4cc5c(cc4F)OC=CN5)CC3)cccc2n1. The molecule has 3 heterocycles. The Morgan fingerprint density at radius 3 is 2.84 bits per heavy atom. The van der Waals surface area contributed by atoms with Crippen LogP contribution in [0.5, 0.6) is 5.75 Å². The summed E-state index contributed by atoms with van der Waals surface area (Å²) in [6, 6.07) is 13.1. The average molecular weight is 418 g/mol. The molecule has 1 fully saturated rings. The van der Waals surface area contributed by atoms with Gasteiger partial charge in [0.15, 0.2) is 11.5 Å². The number of carbonyl (C=O) groups is 1. The first kappa shape index (κ1) is 19.5. The van der Waals surface area contributed by atoms with E-state index in [0.29, 0.717) is 11.4 Å². The van der Waals surface area contributed by atoms with Gasteiger partial charge in [-0.25, -0.2) is 4.39 Å². The number of hydrogen-bond donors (Lipinski definition) is 1. The highest BCUT2D eigenvalue weighted by molar-refractivity contribution is 5.99. The summed E-state index contributed by atoms with van der Waals surface area (Å²) in [5.74, 6) is -0.405. The number of benzene rings is 2. The third-order valence-electron chi connectivity index (χ3n) is 5.80. The van der Waals surface area contributed by atoms with E-state index in [-0.39, 0.29) is 17.9 Å². The molecule has 1 aromatic heterocycles. The number of rotatable bonds is 4. The van der Waals surface area contributed by atoms with Gasteiger partial charge in [-0.05, 0) is 37.3 Å². The first-order chi connectivity index (χ1) is 15.1. The van der Waals surface area contributed by atoms with Crippen molar-refractivity contribution in [3.63, 3.8) is 0 Å². The number of hydrogen-bond acceptors (Lipinski definition) is 6. The van der Waals surface area contributed by atoms with Crippen LogP contribution in [-0.4, -0.2) is 48.4 Å². The van der Waals surface area contributed by atoms with Gasteiger partial charge in [-0.2, -0.15) is 0 Å². The van der Waals surface area contributed by atoms with Crippen LogP contribution in [0.3, 0.4) is 0 Å². The van der Waals surface area contributed by atoms with Gasteiger partial charge in [0, 0.05) is 55.2 Å². The molecule has 31 heavy (non-hydrogen) atoms. The van der Waals surface area contributed by atoms with Crippen LogP contribution in [0.25, 0.3) is 10.9 Å². The largest absolute Gasteiger partial charge is 0.461 e. The molecule has 6 nitrogen and oxygen atoms in total. The van der Waals surface area contributed by atoms with Gasteiger partial charge in [-0.15, -0.1) is 0 Å². The van der Waals surface area contributed by atoms with E-state index in [1.165, 1.54) is 18.4 Å². The number of piperazine rings is 1. The average Bonchev–Trinajstić information content (AvgIpc) is 2.78. The second-order valence-electron chi connectivity index (χ2n) is 7.88. The van der Waals surface area contributed by atoms with Crippen molar-refractivity contribution >= 4 is 28.1 Å². The molecular weight excluding hydrogens is 395 g/mol. The summed E-state index contributed by atoms with van der Waals surface area (Å²) >= 11 is 0. The van der Waals surface area contributed by atoms with Crippen molar-refractivity contribution < 1.29 is 13.9 Å². The minimum atomic E-state index is -0.557. The molecule has 0 amide bonds. The number of nitrogens with one attached hydrogen (secondary N) is 1. The predicted molar refractivity (Wildman–Crippen MR) is 119 cm³/mol. The van der Waals surface area contributed by atoms with Gasteiger partial charge >= 0.3 is 0 Å². The van der Waals surface area contributed by atoms with Gasteiger partial charge in [-0.3, -0.25) is 14.7 Å².